The fourth-order valence-electron chi connectivity index (χ4n) is 2.61. The van der Waals surface area contributed by atoms with Gasteiger partial charge in [0.15, 0.2) is 0 Å². The highest BCUT2D eigenvalue weighted by atomic mass is 14.7. The molecule has 0 bridgehead atoms. The SMILES string of the molecule is CC(c1ccccc1)c1c(C#N)[nH]c2ccccc12. The van der Waals surface area contributed by atoms with Crippen LogP contribution in [0.4, 0.5) is 0 Å². The Bertz CT molecular complexity index is 748. The summed E-state index contributed by atoms with van der Waals surface area (Å²) in [6.45, 7) is 2.14. The van der Waals surface area contributed by atoms with Crippen LogP contribution in [-0.2, 0) is 0 Å². The average molecular weight is 246 g/mol. The Labute approximate surface area is 112 Å². The minimum absolute atomic E-state index is 0.201. The lowest BCUT2D eigenvalue weighted by Gasteiger charge is -2.11. The van der Waals surface area contributed by atoms with Crippen molar-refractivity contribution < 1.29 is 0 Å². The van der Waals surface area contributed by atoms with Crippen molar-refractivity contribution in [2.24, 2.45) is 0 Å². The number of rotatable bonds is 2. The molecule has 1 heterocycles. The zero-order valence-electron chi connectivity index (χ0n) is 10.7. The molecule has 2 aromatic carbocycles. The lowest BCUT2D eigenvalue weighted by molar-refractivity contribution is 0.926. The Morgan fingerprint density at radius 1 is 1.00 bits per heavy atom. The molecule has 0 spiro atoms. The van der Waals surface area contributed by atoms with Gasteiger partial charge in [-0.25, -0.2) is 0 Å². The van der Waals surface area contributed by atoms with E-state index in [0.717, 1.165) is 16.5 Å². The van der Waals surface area contributed by atoms with Gasteiger partial charge in [0, 0.05) is 22.4 Å². The van der Waals surface area contributed by atoms with Gasteiger partial charge in [0.25, 0.3) is 0 Å². The molecule has 0 fully saturated rings. The smallest absolute Gasteiger partial charge is 0.122 e. The zero-order chi connectivity index (χ0) is 13.2. The van der Waals surface area contributed by atoms with Gasteiger partial charge in [-0.15, -0.1) is 0 Å². The van der Waals surface area contributed by atoms with Gasteiger partial charge in [0.2, 0.25) is 0 Å². The number of hydrogen-bond acceptors (Lipinski definition) is 1. The normalized spacial score (nSPS) is 12.2. The number of nitrogens with zero attached hydrogens (tertiary/aromatic N) is 1. The van der Waals surface area contributed by atoms with Gasteiger partial charge in [-0.05, 0) is 11.6 Å². The third-order valence-corrected chi connectivity index (χ3v) is 3.59. The number of nitriles is 1. The fourth-order valence-corrected chi connectivity index (χ4v) is 2.61. The van der Waals surface area contributed by atoms with Crippen molar-refractivity contribution >= 4 is 10.9 Å². The molecule has 3 rings (SSSR count). The van der Waals surface area contributed by atoms with Gasteiger partial charge in [0.05, 0.1) is 0 Å². The maximum absolute atomic E-state index is 9.33. The number of para-hydroxylation sites is 1. The molecular formula is C17H14N2. The monoisotopic (exact) mass is 246 g/mol. The first kappa shape index (κ1) is 11.6. The topological polar surface area (TPSA) is 39.6 Å². The second kappa shape index (κ2) is 4.62. The lowest BCUT2D eigenvalue weighted by Crippen LogP contribution is -1.97. The van der Waals surface area contributed by atoms with Crippen molar-refractivity contribution in [2.75, 3.05) is 0 Å². The van der Waals surface area contributed by atoms with Crippen LogP contribution < -0.4 is 0 Å². The number of fused-ring (bicyclic) bond motifs is 1. The summed E-state index contributed by atoms with van der Waals surface area (Å²) in [5.41, 5.74) is 4.00. The van der Waals surface area contributed by atoms with E-state index in [1.807, 2.05) is 36.4 Å². The van der Waals surface area contributed by atoms with Crippen LogP contribution in [0, 0.1) is 11.3 Å². The largest absolute Gasteiger partial charge is 0.346 e. The summed E-state index contributed by atoms with van der Waals surface area (Å²) < 4.78 is 0. The van der Waals surface area contributed by atoms with E-state index in [0.29, 0.717) is 5.69 Å². The van der Waals surface area contributed by atoms with Crippen molar-refractivity contribution in [3.8, 4) is 6.07 Å². The summed E-state index contributed by atoms with van der Waals surface area (Å²) in [6, 6.07) is 20.6. The van der Waals surface area contributed by atoms with Crippen LogP contribution in [0.25, 0.3) is 10.9 Å². The molecule has 0 amide bonds. The van der Waals surface area contributed by atoms with E-state index in [9.17, 15) is 5.26 Å². The lowest BCUT2D eigenvalue weighted by atomic mass is 9.91. The van der Waals surface area contributed by atoms with E-state index in [2.05, 4.69) is 36.2 Å². The Kier molecular flexibility index (Phi) is 2.81. The zero-order valence-corrected chi connectivity index (χ0v) is 10.7. The number of hydrogen-bond donors (Lipinski definition) is 1. The number of benzene rings is 2. The second-order valence-electron chi connectivity index (χ2n) is 4.70. The quantitative estimate of drug-likeness (QED) is 0.723. The molecule has 0 aliphatic rings. The van der Waals surface area contributed by atoms with Crippen LogP contribution in [0.5, 0.6) is 0 Å². The summed E-state index contributed by atoms with van der Waals surface area (Å²) in [5.74, 6) is 0.201. The molecule has 92 valence electrons. The van der Waals surface area contributed by atoms with E-state index in [-0.39, 0.29) is 5.92 Å². The highest BCUT2D eigenvalue weighted by Crippen LogP contribution is 2.33. The second-order valence-corrected chi connectivity index (χ2v) is 4.70. The maximum Gasteiger partial charge on any atom is 0.122 e. The molecule has 0 saturated carbocycles. The van der Waals surface area contributed by atoms with Crippen molar-refractivity contribution in [3.63, 3.8) is 0 Å². The third kappa shape index (κ3) is 1.90. The minimum Gasteiger partial charge on any atom is -0.346 e. The summed E-state index contributed by atoms with van der Waals surface area (Å²) in [5, 5.41) is 10.5. The van der Waals surface area contributed by atoms with Crippen LogP contribution in [0.3, 0.4) is 0 Å². The van der Waals surface area contributed by atoms with Crippen molar-refractivity contribution in [3.05, 3.63) is 71.4 Å². The Morgan fingerprint density at radius 3 is 2.42 bits per heavy atom. The molecule has 19 heavy (non-hydrogen) atoms. The van der Waals surface area contributed by atoms with Crippen LogP contribution in [0.2, 0.25) is 0 Å². The van der Waals surface area contributed by atoms with Gasteiger partial charge in [-0.2, -0.15) is 5.26 Å². The highest BCUT2D eigenvalue weighted by Gasteiger charge is 2.18. The van der Waals surface area contributed by atoms with Gasteiger partial charge in [-0.1, -0.05) is 55.5 Å². The molecule has 2 nitrogen and oxygen atoms in total. The van der Waals surface area contributed by atoms with Crippen LogP contribution in [0.15, 0.2) is 54.6 Å². The van der Waals surface area contributed by atoms with Crippen LogP contribution >= 0.6 is 0 Å². The summed E-state index contributed by atoms with van der Waals surface area (Å²) in [4.78, 5) is 3.20. The maximum atomic E-state index is 9.33. The Hall–Kier alpha value is -2.53. The van der Waals surface area contributed by atoms with Crippen molar-refractivity contribution in [1.29, 1.82) is 5.26 Å². The van der Waals surface area contributed by atoms with Crippen LogP contribution in [0.1, 0.15) is 29.7 Å². The molecule has 1 N–H and O–H groups in total. The van der Waals surface area contributed by atoms with Gasteiger partial charge in [0.1, 0.15) is 11.8 Å². The molecular weight excluding hydrogens is 232 g/mol. The predicted octanol–water partition coefficient (Wildman–Crippen LogP) is 4.19. The number of aromatic amines is 1. The molecule has 1 unspecified atom stereocenters. The van der Waals surface area contributed by atoms with Gasteiger partial charge in [-0.3, -0.25) is 0 Å². The van der Waals surface area contributed by atoms with E-state index in [4.69, 9.17) is 0 Å². The molecule has 3 aromatic rings. The Morgan fingerprint density at radius 2 is 1.68 bits per heavy atom. The molecule has 1 atom stereocenters. The predicted molar refractivity (Wildman–Crippen MR) is 77.0 cm³/mol. The van der Waals surface area contributed by atoms with Gasteiger partial charge >= 0.3 is 0 Å². The van der Waals surface area contributed by atoms with E-state index < -0.39 is 0 Å². The highest BCUT2D eigenvalue weighted by molar-refractivity contribution is 5.86. The third-order valence-electron chi connectivity index (χ3n) is 3.59. The first-order chi connectivity index (χ1) is 9.31. The summed E-state index contributed by atoms with van der Waals surface area (Å²) >= 11 is 0. The molecule has 2 heteroatoms. The van der Waals surface area contributed by atoms with Crippen LogP contribution in [-0.4, -0.2) is 4.98 Å². The van der Waals surface area contributed by atoms with Gasteiger partial charge < -0.3 is 4.98 Å². The molecule has 0 aliphatic heterocycles. The molecule has 1 aromatic heterocycles. The van der Waals surface area contributed by atoms with E-state index in [1.54, 1.807) is 0 Å². The van der Waals surface area contributed by atoms with Crippen molar-refractivity contribution in [1.82, 2.24) is 4.98 Å². The van der Waals surface area contributed by atoms with E-state index in [1.165, 1.54) is 5.56 Å². The Balaban J connectivity index is 2.22. The number of nitrogens with one attached hydrogen (secondary N) is 1. The molecule has 0 radical (unpaired) electrons. The van der Waals surface area contributed by atoms with E-state index >= 15 is 0 Å². The van der Waals surface area contributed by atoms with Crippen molar-refractivity contribution in [2.45, 2.75) is 12.8 Å². The molecule has 0 saturated heterocycles. The first-order valence-electron chi connectivity index (χ1n) is 6.37. The minimum atomic E-state index is 0.201. The fraction of sp³-hybridized carbons (Fsp3) is 0.118. The molecule has 0 aliphatic carbocycles. The first-order valence-corrected chi connectivity index (χ1v) is 6.37. The summed E-state index contributed by atoms with van der Waals surface area (Å²) in [6.07, 6.45) is 0. The standard InChI is InChI=1S/C17H14N2/c1-12(13-7-3-2-4-8-13)17-14-9-5-6-10-15(14)19-16(17)11-18/h2-10,12,19H,1H3. The summed E-state index contributed by atoms with van der Waals surface area (Å²) in [7, 11) is 0. The number of aromatic nitrogens is 1. The average Bonchev–Trinajstić information content (AvgIpc) is 2.86. The number of H-pyrrole nitrogens is 1.